The summed E-state index contributed by atoms with van der Waals surface area (Å²) in [6.45, 7) is 0. The number of aliphatic carboxylic acids is 1. The molecule has 3 aromatic rings. The Morgan fingerprint density at radius 2 is 1.59 bits per heavy atom. The Bertz CT molecular complexity index is 1310. The number of carboxylic acid groups (broad SMARTS) is 1. The van der Waals surface area contributed by atoms with Gasteiger partial charge in [-0.05, 0) is 49.2 Å². The number of carbonyl (C=O) groups excluding carboxylic acids is 1. The fourth-order valence-electron chi connectivity index (χ4n) is 3.53. The largest absolute Gasteiger partial charge is 0.481 e. The quantitative estimate of drug-likeness (QED) is 0.489. The second-order valence-electron chi connectivity index (χ2n) is 7.36. The number of nitrogens with zero attached hydrogens (tertiary/aromatic N) is 2. The molecule has 0 fully saturated rings. The summed E-state index contributed by atoms with van der Waals surface area (Å²) >= 11 is 0. The van der Waals surface area contributed by atoms with Crippen molar-refractivity contribution in [3.63, 3.8) is 0 Å². The average Bonchev–Trinajstić information content (AvgIpc) is 2.79. The molecule has 10 heteroatoms. The number of sulfonamides is 1. The number of anilines is 2. The number of carbonyl (C=O) groups is 2. The minimum absolute atomic E-state index is 0.0190. The Morgan fingerprint density at radius 1 is 0.938 bits per heavy atom. The third kappa shape index (κ3) is 4.59. The number of carboxylic acids is 1. The molecule has 2 unspecified atom stereocenters. The Balaban J connectivity index is 1.46. The van der Waals surface area contributed by atoms with Crippen molar-refractivity contribution < 1.29 is 23.1 Å². The van der Waals surface area contributed by atoms with Crippen LogP contribution in [0.15, 0.2) is 71.8 Å². The molecule has 1 amide bonds. The number of hydrogen-bond acceptors (Lipinski definition) is 6. The summed E-state index contributed by atoms with van der Waals surface area (Å²) in [4.78, 5) is 32.4. The van der Waals surface area contributed by atoms with E-state index >= 15 is 0 Å². The molecule has 164 valence electrons. The third-order valence-electron chi connectivity index (χ3n) is 5.21. The third-order valence-corrected chi connectivity index (χ3v) is 6.58. The number of hydrogen-bond donors (Lipinski definition) is 3. The van der Waals surface area contributed by atoms with E-state index in [0.29, 0.717) is 29.6 Å². The van der Waals surface area contributed by atoms with E-state index in [2.05, 4.69) is 20.0 Å². The standard InChI is InChI=1S/C22H20N4O5S/c27-21(16-5-1-2-6-17(16)22(28)29)24-14-9-11-15(12-10-14)32(30,31)26-20-13-23-18-7-3-4-8-19(18)25-20/h1-4,7-13,16-17H,5-6H2,(H,24,27)(H,25,26)(H,28,29). The minimum Gasteiger partial charge on any atom is -0.481 e. The summed E-state index contributed by atoms with van der Waals surface area (Å²) < 4.78 is 27.8. The monoisotopic (exact) mass is 452 g/mol. The lowest BCUT2D eigenvalue weighted by Gasteiger charge is -2.24. The summed E-state index contributed by atoms with van der Waals surface area (Å²) in [6.07, 6.45) is 5.53. The van der Waals surface area contributed by atoms with Gasteiger partial charge >= 0.3 is 5.97 Å². The van der Waals surface area contributed by atoms with Crippen LogP contribution in [0.2, 0.25) is 0 Å². The number of benzene rings is 2. The number of allylic oxidation sites excluding steroid dienone is 2. The van der Waals surface area contributed by atoms with E-state index < -0.39 is 33.7 Å². The van der Waals surface area contributed by atoms with Crippen LogP contribution in [-0.2, 0) is 19.6 Å². The van der Waals surface area contributed by atoms with Gasteiger partial charge in [0, 0.05) is 5.69 Å². The van der Waals surface area contributed by atoms with Gasteiger partial charge in [0.1, 0.15) is 0 Å². The molecule has 1 aliphatic carbocycles. The van der Waals surface area contributed by atoms with Gasteiger partial charge in [-0.3, -0.25) is 19.3 Å². The van der Waals surface area contributed by atoms with Gasteiger partial charge < -0.3 is 10.4 Å². The van der Waals surface area contributed by atoms with Crippen LogP contribution in [-0.4, -0.2) is 35.4 Å². The average molecular weight is 452 g/mol. The van der Waals surface area contributed by atoms with Crippen molar-refractivity contribution >= 4 is 44.4 Å². The predicted octanol–water partition coefficient (Wildman–Crippen LogP) is 3.04. The molecular formula is C22H20N4O5S. The smallest absolute Gasteiger partial charge is 0.307 e. The zero-order valence-corrected chi connectivity index (χ0v) is 17.6. The Labute approximate surface area is 184 Å². The molecular weight excluding hydrogens is 432 g/mol. The van der Waals surface area contributed by atoms with Crippen LogP contribution in [0.3, 0.4) is 0 Å². The first-order valence-electron chi connectivity index (χ1n) is 9.87. The molecule has 0 bridgehead atoms. The summed E-state index contributed by atoms with van der Waals surface area (Å²) in [5, 5.41) is 12.0. The maximum absolute atomic E-state index is 12.7. The molecule has 4 rings (SSSR count). The zero-order valence-electron chi connectivity index (χ0n) is 16.8. The Kier molecular flexibility index (Phi) is 5.87. The van der Waals surface area contributed by atoms with Gasteiger partial charge in [0.15, 0.2) is 5.82 Å². The zero-order chi connectivity index (χ0) is 22.7. The second-order valence-corrected chi connectivity index (χ2v) is 9.04. The second kappa shape index (κ2) is 8.75. The summed E-state index contributed by atoms with van der Waals surface area (Å²) in [5.41, 5.74) is 1.58. The van der Waals surface area contributed by atoms with Crippen LogP contribution >= 0.6 is 0 Å². The van der Waals surface area contributed by atoms with Gasteiger partial charge in [-0.25, -0.2) is 13.4 Å². The summed E-state index contributed by atoms with van der Waals surface area (Å²) in [6, 6.07) is 12.7. The summed E-state index contributed by atoms with van der Waals surface area (Å²) in [5.74, 6) is -2.81. The Hall–Kier alpha value is -3.79. The van der Waals surface area contributed by atoms with Gasteiger partial charge in [-0.15, -0.1) is 0 Å². The molecule has 32 heavy (non-hydrogen) atoms. The normalized spacial score (nSPS) is 18.2. The van der Waals surface area contributed by atoms with Crippen LogP contribution in [0.5, 0.6) is 0 Å². The molecule has 1 aliphatic rings. The van der Waals surface area contributed by atoms with Crippen LogP contribution < -0.4 is 10.0 Å². The highest BCUT2D eigenvalue weighted by molar-refractivity contribution is 7.92. The van der Waals surface area contributed by atoms with Crippen molar-refractivity contribution in [2.45, 2.75) is 17.7 Å². The molecule has 2 atom stereocenters. The fourth-order valence-corrected chi connectivity index (χ4v) is 4.52. The van der Waals surface area contributed by atoms with Crippen molar-refractivity contribution in [1.82, 2.24) is 9.97 Å². The molecule has 2 aromatic carbocycles. The molecule has 0 saturated carbocycles. The van der Waals surface area contributed by atoms with Gasteiger partial charge in [-0.2, -0.15) is 0 Å². The SMILES string of the molecule is O=C(O)C1CC=CCC1C(=O)Nc1ccc(S(=O)(=O)Nc2cnc3ccccc3n2)cc1. The number of nitrogens with one attached hydrogen (secondary N) is 2. The van der Waals surface area contributed by atoms with E-state index in [1.165, 1.54) is 30.5 Å². The predicted molar refractivity (Wildman–Crippen MR) is 118 cm³/mol. The molecule has 0 spiro atoms. The van der Waals surface area contributed by atoms with Crippen molar-refractivity contribution in [2.24, 2.45) is 11.8 Å². The van der Waals surface area contributed by atoms with E-state index in [0.717, 1.165) is 0 Å². The van der Waals surface area contributed by atoms with Crippen molar-refractivity contribution in [3.05, 3.63) is 66.9 Å². The number of aromatic nitrogens is 2. The maximum Gasteiger partial charge on any atom is 0.307 e. The highest BCUT2D eigenvalue weighted by Crippen LogP contribution is 2.27. The Morgan fingerprint density at radius 3 is 2.28 bits per heavy atom. The first-order chi connectivity index (χ1) is 15.3. The first-order valence-corrected chi connectivity index (χ1v) is 11.4. The van der Waals surface area contributed by atoms with E-state index in [4.69, 9.17) is 0 Å². The van der Waals surface area contributed by atoms with E-state index in [1.54, 1.807) is 30.4 Å². The maximum atomic E-state index is 12.7. The topological polar surface area (TPSA) is 138 Å². The number of para-hydroxylation sites is 2. The number of fused-ring (bicyclic) bond motifs is 1. The van der Waals surface area contributed by atoms with Gasteiger partial charge in [0.05, 0.1) is 34.0 Å². The van der Waals surface area contributed by atoms with Crippen LogP contribution in [0.1, 0.15) is 12.8 Å². The lowest BCUT2D eigenvalue weighted by atomic mass is 9.82. The molecule has 0 saturated heterocycles. The van der Waals surface area contributed by atoms with Gasteiger partial charge in [-0.1, -0.05) is 24.3 Å². The fraction of sp³-hybridized carbons (Fsp3) is 0.182. The van der Waals surface area contributed by atoms with Crippen LogP contribution in [0, 0.1) is 11.8 Å². The molecule has 1 heterocycles. The molecule has 9 nitrogen and oxygen atoms in total. The summed E-state index contributed by atoms with van der Waals surface area (Å²) in [7, 11) is -3.92. The van der Waals surface area contributed by atoms with E-state index in [9.17, 15) is 23.1 Å². The van der Waals surface area contributed by atoms with Gasteiger partial charge in [0.25, 0.3) is 10.0 Å². The van der Waals surface area contributed by atoms with Crippen LogP contribution in [0.25, 0.3) is 11.0 Å². The lowest BCUT2D eigenvalue weighted by Crippen LogP contribution is -2.34. The minimum atomic E-state index is -3.92. The number of amides is 1. The lowest BCUT2D eigenvalue weighted by molar-refractivity contribution is -0.146. The first kappa shape index (κ1) is 21.4. The molecule has 3 N–H and O–H groups in total. The molecule has 0 radical (unpaired) electrons. The highest BCUT2D eigenvalue weighted by Gasteiger charge is 2.34. The van der Waals surface area contributed by atoms with E-state index in [-0.39, 0.29) is 10.7 Å². The number of rotatable bonds is 6. The van der Waals surface area contributed by atoms with Gasteiger partial charge in [0.2, 0.25) is 5.91 Å². The van der Waals surface area contributed by atoms with Crippen LogP contribution in [0.4, 0.5) is 11.5 Å². The molecule has 0 aliphatic heterocycles. The van der Waals surface area contributed by atoms with E-state index in [1.807, 2.05) is 6.07 Å². The molecule has 1 aromatic heterocycles. The van der Waals surface area contributed by atoms with Crippen molar-refractivity contribution in [3.8, 4) is 0 Å². The van der Waals surface area contributed by atoms with Crippen molar-refractivity contribution in [1.29, 1.82) is 0 Å². The highest BCUT2D eigenvalue weighted by atomic mass is 32.2. The van der Waals surface area contributed by atoms with Crippen molar-refractivity contribution in [2.75, 3.05) is 10.0 Å².